The molecule has 0 radical (unpaired) electrons. The van der Waals surface area contributed by atoms with Crippen LogP contribution >= 0.6 is 11.3 Å². The average molecular weight is 238 g/mol. The molecule has 1 aromatic heterocycles. The maximum absolute atomic E-state index is 4.29. The Morgan fingerprint density at radius 3 is 2.81 bits per heavy atom. The standard InChI is InChI=1S/C13H22N2S/c1-9-4-5-12(6-10(9)2)14-7-13-11(3)15-8-16-13/h8-10,12,14H,4-7H2,1-3H3. The Kier molecular flexibility index (Phi) is 3.98. The predicted octanol–water partition coefficient (Wildman–Crippen LogP) is 3.37. The topological polar surface area (TPSA) is 24.9 Å². The summed E-state index contributed by atoms with van der Waals surface area (Å²) in [6.45, 7) is 7.87. The Balaban J connectivity index is 1.81. The lowest BCUT2D eigenvalue weighted by molar-refractivity contribution is 0.226. The van der Waals surface area contributed by atoms with Crippen LogP contribution in [0.3, 0.4) is 0 Å². The summed E-state index contributed by atoms with van der Waals surface area (Å²) in [5.74, 6) is 1.77. The van der Waals surface area contributed by atoms with E-state index in [1.165, 1.54) is 29.8 Å². The molecule has 0 aliphatic heterocycles. The van der Waals surface area contributed by atoms with Gasteiger partial charge in [-0.15, -0.1) is 11.3 Å². The van der Waals surface area contributed by atoms with Crippen LogP contribution < -0.4 is 5.32 Å². The molecule has 1 aromatic rings. The van der Waals surface area contributed by atoms with Crippen LogP contribution in [0.15, 0.2) is 5.51 Å². The Hall–Kier alpha value is -0.410. The van der Waals surface area contributed by atoms with Gasteiger partial charge in [-0.25, -0.2) is 4.98 Å². The van der Waals surface area contributed by atoms with Crippen molar-refractivity contribution in [2.45, 2.75) is 52.6 Å². The molecule has 0 bridgehead atoms. The highest BCUT2D eigenvalue weighted by Gasteiger charge is 2.24. The predicted molar refractivity (Wildman–Crippen MR) is 69.7 cm³/mol. The van der Waals surface area contributed by atoms with Crippen LogP contribution in [0.25, 0.3) is 0 Å². The highest BCUT2D eigenvalue weighted by atomic mass is 32.1. The summed E-state index contributed by atoms with van der Waals surface area (Å²) in [4.78, 5) is 5.68. The number of nitrogens with zero attached hydrogens (tertiary/aromatic N) is 1. The normalized spacial score (nSPS) is 30.6. The van der Waals surface area contributed by atoms with Gasteiger partial charge in [0.05, 0.1) is 11.2 Å². The molecule has 3 unspecified atom stereocenters. The molecule has 3 atom stereocenters. The lowest BCUT2D eigenvalue weighted by Gasteiger charge is -2.32. The minimum Gasteiger partial charge on any atom is -0.309 e. The highest BCUT2D eigenvalue weighted by molar-refractivity contribution is 7.09. The monoisotopic (exact) mass is 238 g/mol. The van der Waals surface area contributed by atoms with Crippen molar-refractivity contribution in [3.63, 3.8) is 0 Å². The summed E-state index contributed by atoms with van der Waals surface area (Å²) in [7, 11) is 0. The molecule has 3 heteroatoms. The average Bonchev–Trinajstić information content (AvgIpc) is 2.66. The molecule has 1 fully saturated rings. The number of aromatic nitrogens is 1. The second-order valence-electron chi connectivity index (χ2n) is 5.21. The van der Waals surface area contributed by atoms with Crippen LogP contribution in [0.1, 0.15) is 43.7 Å². The van der Waals surface area contributed by atoms with E-state index in [4.69, 9.17) is 0 Å². The van der Waals surface area contributed by atoms with Gasteiger partial charge in [0.15, 0.2) is 0 Å². The molecule has 2 nitrogen and oxygen atoms in total. The van der Waals surface area contributed by atoms with E-state index in [1.54, 1.807) is 11.3 Å². The summed E-state index contributed by atoms with van der Waals surface area (Å²) >= 11 is 1.77. The van der Waals surface area contributed by atoms with Crippen molar-refractivity contribution in [2.24, 2.45) is 11.8 Å². The molecule has 2 rings (SSSR count). The lowest BCUT2D eigenvalue weighted by Crippen LogP contribution is -2.35. The van der Waals surface area contributed by atoms with Crippen molar-refractivity contribution < 1.29 is 0 Å². The zero-order valence-corrected chi connectivity index (χ0v) is 11.3. The lowest BCUT2D eigenvalue weighted by atomic mass is 9.79. The fraction of sp³-hybridized carbons (Fsp3) is 0.769. The first-order valence-corrected chi connectivity index (χ1v) is 7.17. The van der Waals surface area contributed by atoms with Crippen molar-refractivity contribution in [1.82, 2.24) is 10.3 Å². The van der Waals surface area contributed by atoms with Gasteiger partial charge in [-0.3, -0.25) is 0 Å². The fourth-order valence-electron chi connectivity index (χ4n) is 2.47. The van der Waals surface area contributed by atoms with E-state index in [0.717, 1.165) is 18.4 Å². The zero-order valence-electron chi connectivity index (χ0n) is 10.5. The van der Waals surface area contributed by atoms with E-state index in [1.807, 2.05) is 5.51 Å². The molecular weight excluding hydrogens is 216 g/mol. The highest BCUT2D eigenvalue weighted by Crippen LogP contribution is 2.29. The van der Waals surface area contributed by atoms with Crippen molar-refractivity contribution in [2.75, 3.05) is 0 Å². The summed E-state index contributed by atoms with van der Waals surface area (Å²) in [5.41, 5.74) is 3.13. The van der Waals surface area contributed by atoms with E-state index in [-0.39, 0.29) is 0 Å². The quantitative estimate of drug-likeness (QED) is 0.873. The van der Waals surface area contributed by atoms with Crippen LogP contribution in [-0.2, 0) is 6.54 Å². The number of hydrogen-bond donors (Lipinski definition) is 1. The molecule has 90 valence electrons. The van der Waals surface area contributed by atoms with Crippen molar-refractivity contribution in [3.8, 4) is 0 Å². The fourth-order valence-corrected chi connectivity index (χ4v) is 3.19. The number of aryl methyl sites for hydroxylation is 1. The molecule has 0 aromatic carbocycles. The number of rotatable bonds is 3. The third-order valence-electron chi connectivity index (χ3n) is 3.99. The largest absolute Gasteiger partial charge is 0.309 e. The van der Waals surface area contributed by atoms with E-state index < -0.39 is 0 Å². The molecule has 1 aliphatic rings. The van der Waals surface area contributed by atoms with Gasteiger partial charge in [-0.1, -0.05) is 13.8 Å². The molecule has 1 heterocycles. The van der Waals surface area contributed by atoms with Crippen molar-refractivity contribution in [3.05, 3.63) is 16.1 Å². The van der Waals surface area contributed by atoms with Gasteiger partial charge < -0.3 is 5.32 Å². The van der Waals surface area contributed by atoms with Crippen molar-refractivity contribution in [1.29, 1.82) is 0 Å². The minimum atomic E-state index is 0.715. The molecule has 16 heavy (non-hydrogen) atoms. The zero-order chi connectivity index (χ0) is 11.5. The Labute approximate surface area is 102 Å². The summed E-state index contributed by atoms with van der Waals surface area (Å²) in [5, 5.41) is 3.69. The molecule has 0 spiro atoms. The number of thiazole rings is 1. The first-order valence-electron chi connectivity index (χ1n) is 6.29. The molecule has 1 saturated carbocycles. The van der Waals surface area contributed by atoms with Gasteiger partial charge in [0.25, 0.3) is 0 Å². The maximum atomic E-state index is 4.29. The van der Waals surface area contributed by atoms with Gasteiger partial charge in [0.1, 0.15) is 0 Å². The van der Waals surface area contributed by atoms with Gasteiger partial charge in [-0.2, -0.15) is 0 Å². The molecule has 1 aliphatic carbocycles. The minimum absolute atomic E-state index is 0.715. The van der Waals surface area contributed by atoms with Crippen LogP contribution in [0, 0.1) is 18.8 Å². The smallest absolute Gasteiger partial charge is 0.0798 e. The van der Waals surface area contributed by atoms with Crippen LogP contribution in [0.5, 0.6) is 0 Å². The Bertz CT molecular complexity index is 334. The summed E-state index contributed by atoms with van der Waals surface area (Å²) in [6, 6.07) is 0.715. The van der Waals surface area contributed by atoms with E-state index in [0.29, 0.717) is 6.04 Å². The van der Waals surface area contributed by atoms with E-state index in [9.17, 15) is 0 Å². The van der Waals surface area contributed by atoms with Crippen LogP contribution in [0.4, 0.5) is 0 Å². The van der Waals surface area contributed by atoms with E-state index >= 15 is 0 Å². The summed E-state index contributed by atoms with van der Waals surface area (Å²) < 4.78 is 0. The van der Waals surface area contributed by atoms with Gasteiger partial charge in [0.2, 0.25) is 0 Å². The van der Waals surface area contributed by atoms with Gasteiger partial charge in [-0.05, 0) is 38.0 Å². The first-order chi connectivity index (χ1) is 7.66. The maximum Gasteiger partial charge on any atom is 0.0798 e. The number of hydrogen-bond acceptors (Lipinski definition) is 3. The summed E-state index contributed by atoms with van der Waals surface area (Å²) in [6.07, 6.45) is 4.04. The third-order valence-corrected chi connectivity index (χ3v) is 4.93. The molecule has 1 N–H and O–H groups in total. The van der Waals surface area contributed by atoms with E-state index in [2.05, 4.69) is 31.1 Å². The second kappa shape index (κ2) is 5.28. The van der Waals surface area contributed by atoms with Gasteiger partial charge >= 0.3 is 0 Å². The third kappa shape index (κ3) is 2.83. The Morgan fingerprint density at radius 1 is 1.38 bits per heavy atom. The second-order valence-corrected chi connectivity index (χ2v) is 6.15. The van der Waals surface area contributed by atoms with Crippen molar-refractivity contribution >= 4 is 11.3 Å². The molecule has 0 amide bonds. The first kappa shape index (κ1) is 12.1. The van der Waals surface area contributed by atoms with Crippen LogP contribution in [-0.4, -0.2) is 11.0 Å². The van der Waals surface area contributed by atoms with Gasteiger partial charge in [0, 0.05) is 17.5 Å². The molecular formula is C13H22N2S. The Morgan fingerprint density at radius 2 is 2.19 bits per heavy atom. The van der Waals surface area contributed by atoms with Crippen LogP contribution in [0.2, 0.25) is 0 Å². The number of nitrogens with one attached hydrogen (secondary N) is 1. The SMILES string of the molecule is Cc1ncsc1CNC1CCC(C)C(C)C1. The molecule has 0 saturated heterocycles.